The highest BCUT2D eigenvalue weighted by Crippen LogP contribution is 2.14. The number of carbonyl (C=O) groups is 10. The number of hydrogen-bond acceptors (Lipinski definition) is 16. The molecular formula is C55H99N7O18. The van der Waals surface area contributed by atoms with E-state index >= 15 is 0 Å². The maximum atomic E-state index is 12.5. The van der Waals surface area contributed by atoms with E-state index in [-0.39, 0.29) is 116 Å². The first-order valence-corrected chi connectivity index (χ1v) is 29.0. The largest absolute Gasteiger partial charge is 0.481 e. The number of carboxylic acids is 4. The van der Waals surface area contributed by atoms with Crippen LogP contribution in [0.4, 0.5) is 0 Å². The molecule has 0 aliphatic heterocycles. The van der Waals surface area contributed by atoms with Crippen molar-refractivity contribution < 1.29 is 87.3 Å². The molecule has 80 heavy (non-hydrogen) atoms. The standard InChI is InChI=1S/C55H99N7O18/c1-3-4-16-22-46(63)42(56-2)21-18-20-31-58-47(64)28-25-44(54(73)74)61-49(66)29-26-45(55(75)76)62-51(68)41-80-39-37-78-35-33-60-50(67)40-79-38-36-77-34-32-59-48(65)27-24-43(53(71)72)57-30-19-15-13-11-9-7-5-6-8-10-12-14-17-23-52(69)70/h42-45,56-57H,3-41H2,1-2H3,(H,58,64)(H,59,65)(H,60,67)(H,61,66)(H,62,68)(H,69,70)(H,71,72)(H,73,74)(H,75,76). The summed E-state index contributed by atoms with van der Waals surface area (Å²) in [6.07, 6.45) is 18.9. The Bertz CT molecular complexity index is 1740. The van der Waals surface area contributed by atoms with Crippen molar-refractivity contribution in [3.8, 4) is 0 Å². The van der Waals surface area contributed by atoms with Gasteiger partial charge in [0.25, 0.3) is 0 Å². The number of unbranched alkanes of at least 4 members (excludes halogenated alkanes) is 15. The number of nitrogens with one attached hydrogen (secondary N) is 7. The molecule has 0 rings (SSSR count). The molecule has 4 unspecified atom stereocenters. The number of carbonyl (C=O) groups excluding carboxylic acids is 6. The minimum atomic E-state index is -1.47. The van der Waals surface area contributed by atoms with Crippen molar-refractivity contribution in [1.29, 1.82) is 0 Å². The summed E-state index contributed by atoms with van der Waals surface area (Å²) in [5.74, 6) is -6.97. The van der Waals surface area contributed by atoms with Crippen LogP contribution in [0.25, 0.3) is 0 Å². The van der Waals surface area contributed by atoms with Gasteiger partial charge in [-0.2, -0.15) is 0 Å². The maximum Gasteiger partial charge on any atom is 0.326 e. The molecular weight excluding hydrogens is 1050 g/mol. The van der Waals surface area contributed by atoms with E-state index in [1.807, 2.05) is 0 Å². The summed E-state index contributed by atoms with van der Waals surface area (Å²) in [6, 6.07) is -3.92. The van der Waals surface area contributed by atoms with Crippen LogP contribution in [0.5, 0.6) is 0 Å². The van der Waals surface area contributed by atoms with E-state index in [2.05, 4.69) is 44.1 Å². The van der Waals surface area contributed by atoms with Crippen LogP contribution >= 0.6 is 0 Å². The molecule has 0 bridgehead atoms. The molecule has 25 heteroatoms. The van der Waals surface area contributed by atoms with Crippen molar-refractivity contribution in [3.63, 3.8) is 0 Å². The number of rotatable bonds is 58. The lowest BCUT2D eigenvalue weighted by Crippen LogP contribution is -2.45. The highest BCUT2D eigenvalue weighted by Gasteiger charge is 2.25. The molecule has 0 aliphatic carbocycles. The molecule has 0 aliphatic rings. The van der Waals surface area contributed by atoms with Crippen LogP contribution in [0, 0.1) is 0 Å². The second-order valence-corrected chi connectivity index (χ2v) is 19.8. The van der Waals surface area contributed by atoms with Crippen LogP contribution in [0.3, 0.4) is 0 Å². The van der Waals surface area contributed by atoms with Gasteiger partial charge in [0.2, 0.25) is 29.5 Å². The van der Waals surface area contributed by atoms with Gasteiger partial charge in [0.15, 0.2) is 0 Å². The molecule has 0 radical (unpaired) electrons. The Morgan fingerprint density at radius 1 is 0.362 bits per heavy atom. The Balaban J connectivity index is 3.98. The number of likely N-dealkylation sites (N-methyl/N-ethyl adjacent to an activating group) is 1. The second-order valence-electron chi connectivity index (χ2n) is 19.8. The third-order valence-electron chi connectivity index (χ3n) is 12.9. The first-order valence-electron chi connectivity index (χ1n) is 29.0. The molecule has 0 aromatic heterocycles. The van der Waals surface area contributed by atoms with Gasteiger partial charge in [0.1, 0.15) is 37.1 Å². The third-order valence-corrected chi connectivity index (χ3v) is 12.9. The van der Waals surface area contributed by atoms with Crippen molar-refractivity contribution in [2.75, 3.05) is 86.1 Å². The Morgan fingerprint density at radius 2 is 0.775 bits per heavy atom. The number of amides is 5. The molecule has 462 valence electrons. The molecule has 0 fully saturated rings. The quantitative estimate of drug-likeness (QED) is 0.0389. The van der Waals surface area contributed by atoms with Gasteiger partial charge >= 0.3 is 23.9 Å². The number of hydrogen-bond donors (Lipinski definition) is 11. The predicted molar refractivity (Wildman–Crippen MR) is 297 cm³/mol. The predicted octanol–water partition coefficient (Wildman–Crippen LogP) is 3.38. The Morgan fingerprint density at radius 3 is 1.27 bits per heavy atom. The van der Waals surface area contributed by atoms with E-state index in [9.17, 15) is 63.3 Å². The average Bonchev–Trinajstić information content (AvgIpc) is 3.41. The molecule has 11 N–H and O–H groups in total. The molecule has 0 saturated heterocycles. The number of Topliss-reactive ketones (excluding diaryl/α,β-unsaturated/α-hetero) is 1. The zero-order chi connectivity index (χ0) is 59.4. The van der Waals surface area contributed by atoms with Crippen LogP contribution < -0.4 is 37.2 Å². The van der Waals surface area contributed by atoms with Gasteiger partial charge in [-0.1, -0.05) is 90.4 Å². The Kier molecular flexibility index (Phi) is 48.3. The summed E-state index contributed by atoms with van der Waals surface area (Å²) in [7, 11) is 1.74. The highest BCUT2D eigenvalue weighted by atomic mass is 16.5. The minimum Gasteiger partial charge on any atom is -0.481 e. The van der Waals surface area contributed by atoms with Crippen molar-refractivity contribution in [2.45, 2.75) is 204 Å². The molecule has 4 atom stereocenters. The van der Waals surface area contributed by atoms with Gasteiger partial charge in [-0.05, 0) is 71.4 Å². The fourth-order valence-electron chi connectivity index (χ4n) is 8.19. The van der Waals surface area contributed by atoms with Crippen LogP contribution in [0.15, 0.2) is 0 Å². The van der Waals surface area contributed by atoms with E-state index in [0.29, 0.717) is 38.8 Å². The van der Waals surface area contributed by atoms with Gasteiger partial charge in [0.05, 0.1) is 45.7 Å². The van der Waals surface area contributed by atoms with E-state index in [1.165, 1.54) is 38.5 Å². The zero-order valence-electron chi connectivity index (χ0n) is 47.9. The van der Waals surface area contributed by atoms with E-state index in [1.54, 1.807) is 7.05 Å². The lowest BCUT2D eigenvalue weighted by molar-refractivity contribution is -0.144. The van der Waals surface area contributed by atoms with Crippen molar-refractivity contribution in [2.24, 2.45) is 0 Å². The molecule has 0 aromatic rings. The van der Waals surface area contributed by atoms with E-state index in [0.717, 1.165) is 64.2 Å². The Labute approximate surface area is 473 Å². The van der Waals surface area contributed by atoms with Gasteiger partial charge in [-0.3, -0.25) is 38.4 Å². The van der Waals surface area contributed by atoms with Crippen LogP contribution in [0.2, 0.25) is 0 Å². The summed E-state index contributed by atoms with van der Waals surface area (Å²) in [6.45, 7) is 3.27. The minimum absolute atomic E-state index is 0.0312. The average molecular weight is 1150 g/mol. The van der Waals surface area contributed by atoms with Crippen molar-refractivity contribution in [1.82, 2.24) is 37.2 Å². The maximum absolute atomic E-state index is 12.5. The van der Waals surface area contributed by atoms with Crippen LogP contribution in [0.1, 0.15) is 180 Å². The Hall–Kier alpha value is -5.34. The third kappa shape index (κ3) is 46.4. The summed E-state index contributed by atoms with van der Waals surface area (Å²) in [5.41, 5.74) is 0. The zero-order valence-corrected chi connectivity index (χ0v) is 47.9. The fourth-order valence-corrected chi connectivity index (χ4v) is 8.19. The topological polar surface area (TPSA) is 373 Å². The summed E-state index contributed by atoms with van der Waals surface area (Å²) >= 11 is 0. The van der Waals surface area contributed by atoms with E-state index < -0.39 is 78.7 Å². The molecule has 5 amide bonds. The van der Waals surface area contributed by atoms with Crippen molar-refractivity contribution >= 4 is 59.2 Å². The SMILES string of the molecule is CCCCCC(=O)C(CCCCNC(=O)CCC(NC(=O)CCC(NC(=O)COCCOCCNC(=O)COCCOCCNC(=O)CCC(NCCCCCCCCCCCCCCCC(=O)O)C(=O)O)C(=O)O)C(=O)O)NC. The smallest absolute Gasteiger partial charge is 0.326 e. The summed E-state index contributed by atoms with van der Waals surface area (Å²) in [4.78, 5) is 120. The van der Waals surface area contributed by atoms with E-state index in [4.69, 9.17) is 24.1 Å². The molecule has 0 aromatic carbocycles. The first-order chi connectivity index (χ1) is 38.5. The normalized spacial score (nSPS) is 12.6. The second kappa shape index (κ2) is 51.8. The molecule has 0 spiro atoms. The van der Waals surface area contributed by atoms with Crippen molar-refractivity contribution in [3.05, 3.63) is 0 Å². The fraction of sp³-hybridized carbons (Fsp3) is 0.818. The molecule has 0 saturated carbocycles. The summed E-state index contributed by atoms with van der Waals surface area (Å²) < 4.78 is 21.3. The van der Waals surface area contributed by atoms with Gasteiger partial charge < -0.3 is 76.6 Å². The molecule has 0 heterocycles. The lowest BCUT2D eigenvalue weighted by atomic mass is 10.0. The number of carboxylic acid groups (broad SMARTS) is 4. The monoisotopic (exact) mass is 1150 g/mol. The van der Waals surface area contributed by atoms with Crippen LogP contribution in [-0.4, -0.2) is 190 Å². The van der Waals surface area contributed by atoms with Gasteiger partial charge in [-0.15, -0.1) is 0 Å². The number of ether oxygens (including phenoxy) is 4. The highest BCUT2D eigenvalue weighted by molar-refractivity contribution is 5.87. The van der Waals surface area contributed by atoms with Crippen LogP contribution in [-0.2, 0) is 66.9 Å². The molecule has 25 nitrogen and oxygen atoms in total. The van der Waals surface area contributed by atoms with Gasteiger partial charge in [0, 0.05) is 51.7 Å². The lowest BCUT2D eigenvalue weighted by Gasteiger charge is -2.17. The first kappa shape index (κ1) is 74.7. The number of ketones is 1. The summed E-state index contributed by atoms with van der Waals surface area (Å²) in [5, 5.41) is 56.1. The van der Waals surface area contributed by atoms with Gasteiger partial charge in [-0.25, -0.2) is 9.59 Å². The number of aliphatic carboxylic acids is 4.